The molecule has 0 amide bonds. The summed E-state index contributed by atoms with van der Waals surface area (Å²) in [6, 6.07) is 6.39. The number of hydrogen-bond donors (Lipinski definition) is 1. The maximum Gasteiger partial charge on any atom is 0.241 e. The number of aryl methyl sites for hydroxylation is 1. The van der Waals surface area contributed by atoms with Crippen molar-refractivity contribution >= 4 is 10.0 Å². The predicted molar refractivity (Wildman–Crippen MR) is 85.8 cm³/mol. The number of nitrogens with one attached hydrogen (secondary N) is 1. The van der Waals surface area contributed by atoms with Gasteiger partial charge in [0, 0.05) is 7.11 Å². The fraction of sp³-hybridized carbons (Fsp3) is 0.500. The summed E-state index contributed by atoms with van der Waals surface area (Å²) in [6.07, 6.45) is 2.83. The van der Waals surface area contributed by atoms with Crippen molar-refractivity contribution in [2.24, 2.45) is 0 Å². The van der Waals surface area contributed by atoms with Crippen molar-refractivity contribution < 1.29 is 13.2 Å². The summed E-state index contributed by atoms with van der Waals surface area (Å²) in [5.41, 5.74) is 1.88. The Morgan fingerprint density at radius 1 is 1.33 bits per heavy atom. The molecule has 0 aliphatic carbocycles. The van der Waals surface area contributed by atoms with Gasteiger partial charge in [-0.1, -0.05) is 43.2 Å². The molecule has 0 aliphatic rings. The summed E-state index contributed by atoms with van der Waals surface area (Å²) >= 11 is 0. The molecular formula is C16H25NO3S. The summed E-state index contributed by atoms with van der Waals surface area (Å²) in [6.45, 7) is 8.29. The zero-order valence-corrected chi connectivity index (χ0v) is 13.9. The minimum atomic E-state index is -3.56. The fourth-order valence-corrected chi connectivity index (χ4v) is 3.19. The van der Waals surface area contributed by atoms with Crippen LogP contribution in [0.25, 0.3) is 0 Å². The first kappa shape index (κ1) is 17.9. The number of benzene rings is 1. The van der Waals surface area contributed by atoms with E-state index in [9.17, 15) is 8.42 Å². The van der Waals surface area contributed by atoms with E-state index in [1.165, 1.54) is 0 Å². The molecular weight excluding hydrogens is 286 g/mol. The monoisotopic (exact) mass is 311 g/mol. The van der Waals surface area contributed by atoms with E-state index in [1.54, 1.807) is 31.4 Å². The summed E-state index contributed by atoms with van der Waals surface area (Å²) in [5, 5.41) is 0. The number of ether oxygens (including phenoxy) is 1. The molecule has 0 saturated carbocycles. The van der Waals surface area contributed by atoms with Gasteiger partial charge in [-0.25, -0.2) is 13.1 Å². The average molecular weight is 311 g/mol. The van der Waals surface area contributed by atoms with Crippen LogP contribution in [0.15, 0.2) is 41.3 Å². The molecule has 0 heterocycles. The van der Waals surface area contributed by atoms with Gasteiger partial charge in [-0.05, 0) is 31.9 Å². The molecule has 1 aromatic rings. The first-order chi connectivity index (χ1) is 9.90. The van der Waals surface area contributed by atoms with Gasteiger partial charge in [0.1, 0.15) is 0 Å². The maximum absolute atomic E-state index is 12.4. The van der Waals surface area contributed by atoms with Gasteiger partial charge in [-0.2, -0.15) is 0 Å². The van der Waals surface area contributed by atoms with Gasteiger partial charge in [0.15, 0.2) is 0 Å². The van der Waals surface area contributed by atoms with Crippen molar-refractivity contribution in [3.8, 4) is 0 Å². The normalized spacial score (nSPS) is 13.1. The number of hydrogen-bond acceptors (Lipinski definition) is 3. The van der Waals surface area contributed by atoms with E-state index in [-0.39, 0.29) is 11.5 Å². The molecule has 0 spiro atoms. The topological polar surface area (TPSA) is 55.4 Å². The standard InChI is InChI=1S/C16H25NO3S/c1-5-6-7-14(3)16(12-20-4)17-21(18,19)15-10-8-13(2)9-11-15/h8-11,16-17H,3,5-7,12H2,1-2,4H3/t16-/m0/s1. The van der Waals surface area contributed by atoms with Crippen LogP contribution in [0.4, 0.5) is 0 Å². The SMILES string of the molecule is C=C(CCCC)[C@H](COC)NS(=O)(=O)c1ccc(C)cc1. The molecule has 0 radical (unpaired) electrons. The second-order valence-corrected chi connectivity index (χ2v) is 6.92. The predicted octanol–water partition coefficient (Wildman–Crippen LogP) is 3.03. The number of sulfonamides is 1. The molecule has 4 nitrogen and oxygen atoms in total. The van der Waals surface area contributed by atoms with Crippen LogP contribution < -0.4 is 4.72 Å². The Kier molecular flexibility index (Phi) is 7.08. The van der Waals surface area contributed by atoms with E-state index in [0.29, 0.717) is 0 Å². The van der Waals surface area contributed by atoms with Crippen LogP contribution in [0.1, 0.15) is 31.7 Å². The molecule has 5 heteroatoms. The van der Waals surface area contributed by atoms with Crippen LogP contribution >= 0.6 is 0 Å². The minimum Gasteiger partial charge on any atom is -0.383 e. The highest BCUT2D eigenvalue weighted by molar-refractivity contribution is 7.89. The van der Waals surface area contributed by atoms with Gasteiger partial charge in [-0.15, -0.1) is 0 Å². The van der Waals surface area contributed by atoms with Crippen molar-refractivity contribution in [3.05, 3.63) is 42.0 Å². The Bertz CT molecular complexity index is 549. The average Bonchev–Trinajstić information content (AvgIpc) is 2.44. The van der Waals surface area contributed by atoms with E-state index in [0.717, 1.165) is 30.4 Å². The molecule has 21 heavy (non-hydrogen) atoms. The van der Waals surface area contributed by atoms with Gasteiger partial charge < -0.3 is 4.74 Å². The van der Waals surface area contributed by atoms with Gasteiger partial charge in [0.2, 0.25) is 10.0 Å². The molecule has 1 aromatic carbocycles. The van der Waals surface area contributed by atoms with Gasteiger partial charge >= 0.3 is 0 Å². The second-order valence-electron chi connectivity index (χ2n) is 5.20. The molecule has 0 bridgehead atoms. The van der Waals surface area contributed by atoms with Crippen LogP contribution in [0.3, 0.4) is 0 Å². The van der Waals surface area contributed by atoms with Gasteiger partial charge in [0.25, 0.3) is 0 Å². The molecule has 0 aromatic heterocycles. The lowest BCUT2D eigenvalue weighted by atomic mass is 10.0. The summed E-state index contributed by atoms with van der Waals surface area (Å²) < 4.78 is 32.6. The second kappa shape index (κ2) is 8.32. The third-order valence-corrected chi connectivity index (χ3v) is 4.79. The quantitative estimate of drug-likeness (QED) is 0.713. The van der Waals surface area contributed by atoms with E-state index >= 15 is 0 Å². The lowest BCUT2D eigenvalue weighted by molar-refractivity contribution is 0.183. The third-order valence-electron chi connectivity index (χ3n) is 3.31. The molecule has 0 fully saturated rings. The largest absolute Gasteiger partial charge is 0.383 e. The summed E-state index contributed by atoms with van der Waals surface area (Å²) in [5.74, 6) is 0. The van der Waals surface area contributed by atoms with Gasteiger partial charge in [0.05, 0.1) is 17.5 Å². The molecule has 1 atom stereocenters. The highest BCUT2D eigenvalue weighted by atomic mass is 32.2. The Balaban J connectivity index is 2.86. The number of methoxy groups -OCH3 is 1. The molecule has 0 saturated heterocycles. The van der Waals surface area contributed by atoms with Crippen molar-refractivity contribution in [2.75, 3.05) is 13.7 Å². The van der Waals surface area contributed by atoms with Crippen molar-refractivity contribution in [1.29, 1.82) is 0 Å². The number of unbranched alkanes of at least 4 members (excludes halogenated alkanes) is 1. The number of rotatable bonds is 9. The minimum absolute atomic E-state index is 0.262. The Labute approximate surface area is 128 Å². The summed E-state index contributed by atoms with van der Waals surface area (Å²) in [4.78, 5) is 0.262. The Morgan fingerprint density at radius 2 is 1.95 bits per heavy atom. The van der Waals surface area contributed by atoms with E-state index in [4.69, 9.17) is 4.74 Å². The molecule has 1 rings (SSSR count). The first-order valence-electron chi connectivity index (χ1n) is 7.16. The van der Waals surface area contributed by atoms with Crippen molar-refractivity contribution in [1.82, 2.24) is 4.72 Å². The molecule has 0 aliphatic heterocycles. The summed E-state index contributed by atoms with van der Waals surface area (Å²) in [7, 11) is -2.00. The van der Waals surface area contributed by atoms with Crippen molar-refractivity contribution in [2.45, 2.75) is 44.0 Å². The highest BCUT2D eigenvalue weighted by Crippen LogP contribution is 2.15. The zero-order chi connectivity index (χ0) is 15.9. The lowest BCUT2D eigenvalue weighted by Gasteiger charge is -2.20. The third kappa shape index (κ3) is 5.61. The maximum atomic E-state index is 12.4. The smallest absolute Gasteiger partial charge is 0.241 e. The van der Waals surface area contributed by atoms with E-state index < -0.39 is 16.1 Å². The van der Waals surface area contributed by atoms with Crippen LogP contribution in [0.2, 0.25) is 0 Å². The molecule has 118 valence electrons. The van der Waals surface area contributed by atoms with Crippen LogP contribution in [-0.2, 0) is 14.8 Å². The van der Waals surface area contributed by atoms with Gasteiger partial charge in [-0.3, -0.25) is 0 Å². The fourth-order valence-electron chi connectivity index (χ4n) is 1.95. The molecule has 1 N–H and O–H groups in total. The van der Waals surface area contributed by atoms with E-state index in [1.807, 2.05) is 6.92 Å². The van der Waals surface area contributed by atoms with Crippen LogP contribution in [0, 0.1) is 6.92 Å². The lowest BCUT2D eigenvalue weighted by Crippen LogP contribution is -2.39. The molecule has 0 unspecified atom stereocenters. The zero-order valence-electron chi connectivity index (χ0n) is 13.1. The van der Waals surface area contributed by atoms with E-state index in [2.05, 4.69) is 18.2 Å². The highest BCUT2D eigenvalue weighted by Gasteiger charge is 2.21. The van der Waals surface area contributed by atoms with Crippen molar-refractivity contribution in [3.63, 3.8) is 0 Å². The Hall–Kier alpha value is -1.17. The Morgan fingerprint density at radius 3 is 2.48 bits per heavy atom. The first-order valence-corrected chi connectivity index (χ1v) is 8.64. The van der Waals surface area contributed by atoms with Crippen LogP contribution in [-0.4, -0.2) is 28.2 Å². The van der Waals surface area contributed by atoms with Crippen LogP contribution in [0.5, 0.6) is 0 Å².